The number of hydrogen-bond donors (Lipinski definition) is 2. The Bertz CT molecular complexity index is 1000. The van der Waals surface area contributed by atoms with Crippen LogP contribution < -0.4 is 0 Å². The van der Waals surface area contributed by atoms with Crippen LogP contribution in [0.15, 0.2) is 71.5 Å². The molecule has 0 saturated carbocycles. The second-order valence-corrected chi connectivity index (χ2v) is 8.13. The number of ketones is 1. The van der Waals surface area contributed by atoms with Gasteiger partial charge in [0.2, 0.25) is 0 Å². The molecule has 0 radical (unpaired) electrons. The van der Waals surface area contributed by atoms with Crippen LogP contribution in [0.25, 0.3) is 11.1 Å². The minimum Gasteiger partial charge on any atom is -0.289 e. The zero-order valence-electron chi connectivity index (χ0n) is 13.3. The Morgan fingerprint density at radius 2 is 0.923 bits per heavy atom. The lowest BCUT2D eigenvalue weighted by molar-refractivity contribution is -0.108. The van der Waals surface area contributed by atoms with E-state index in [9.17, 15) is 21.6 Å². The summed E-state index contributed by atoms with van der Waals surface area (Å²) >= 11 is 0. The Hall–Kier alpha value is -2.59. The van der Waals surface area contributed by atoms with E-state index < -0.39 is 26.0 Å². The lowest BCUT2D eigenvalue weighted by Gasteiger charge is -2.09. The molecule has 0 aliphatic carbocycles. The summed E-state index contributed by atoms with van der Waals surface area (Å²) in [5.74, 6) is -0.538. The fraction of sp³-hybridized carbons (Fsp3) is 0. The minimum absolute atomic E-state index is 0.0377. The standard InChI is InChI=1S/C17H14O7S2/c1-11(13-3-7-15(8-4-13)25(19,20)21)17(18)12(2)14-5-9-16(10-6-14)26(22,23)24/h3-10H,1-2H2,(H,19,20,21)(H,22,23,24). The van der Waals surface area contributed by atoms with Gasteiger partial charge in [0.15, 0.2) is 5.78 Å². The van der Waals surface area contributed by atoms with Crippen molar-refractivity contribution in [1.29, 1.82) is 0 Å². The number of benzene rings is 2. The molecule has 0 amide bonds. The molecule has 0 spiro atoms. The van der Waals surface area contributed by atoms with E-state index >= 15 is 0 Å². The monoisotopic (exact) mass is 394 g/mol. The van der Waals surface area contributed by atoms with Gasteiger partial charge in [0, 0.05) is 11.1 Å². The van der Waals surface area contributed by atoms with Gasteiger partial charge in [-0.1, -0.05) is 37.4 Å². The smallest absolute Gasteiger partial charge is 0.289 e. The third-order valence-corrected chi connectivity index (χ3v) is 5.29. The van der Waals surface area contributed by atoms with Gasteiger partial charge in [0.25, 0.3) is 20.2 Å². The minimum atomic E-state index is -4.34. The van der Waals surface area contributed by atoms with E-state index in [0.29, 0.717) is 11.1 Å². The normalized spacial score (nSPS) is 11.8. The summed E-state index contributed by atoms with van der Waals surface area (Å²) in [6.45, 7) is 7.32. The second-order valence-electron chi connectivity index (χ2n) is 5.29. The average Bonchev–Trinajstić information content (AvgIpc) is 2.58. The summed E-state index contributed by atoms with van der Waals surface area (Å²) < 4.78 is 62.0. The van der Waals surface area contributed by atoms with Crippen molar-refractivity contribution < 1.29 is 30.7 Å². The molecular formula is C17H14O7S2. The van der Waals surface area contributed by atoms with E-state index in [4.69, 9.17) is 9.11 Å². The molecule has 0 saturated heterocycles. The zero-order valence-corrected chi connectivity index (χ0v) is 14.9. The van der Waals surface area contributed by atoms with Crippen molar-refractivity contribution >= 4 is 37.2 Å². The van der Waals surface area contributed by atoms with Crippen LogP contribution >= 0.6 is 0 Å². The summed E-state index contributed by atoms with van der Waals surface area (Å²) in [6.07, 6.45) is 0. The summed E-state index contributed by atoms with van der Waals surface area (Å²) in [6, 6.07) is 9.80. The molecule has 0 aliphatic rings. The molecule has 2 N–H and O–H groups in total. The highest BCUT2D eigenvalue weighted by Gasteiger charge is 2.17. The van der Waals surface area contributed by atoms with E-state index in [1.54, 1.807) is 0 Å². The van der Waals surface area contributed by atoms with Crippen molar-refractivity contribution in [3.05, 3.63) is 72.8 Å². The van der Waals surface area contributed by atoms with Crippen molar-refractivity contribution in [3.63, 3.8) is 0 Å². The molecule has 26 heavy (non-hydrogen) atoms. The lowest BCUT2D eigenvalue weighted by atomic mass is 9.95. The Morgan fingerprint density at radius 3 is 1.15 bits per heavy atom. The van der Waals surface area contributed by atoms with E-state index in [1.165, 1.54) is 24.3 Å². The first-order chi connectivity index (χ1) is 11.9. The quantitative estimate of drug-likeness (QED) is 0.569. The number of carbonyl (C=O) groups excluding carboxylic acids is 1. The van der Waals surface area contributed by atoms with Gasteiger partial charge < -0.3 is 0 Å². The maximum Gasteiger partial charge on any atom is 0.294 e. The lowest BCUT2D eigenvalue weighted by Crippen LogP contribution is -2.05. The first-order valence-electron chi connectivity index (χ1n) is 6.99. The SMILES string of the molecule is C=C(C(=O)C(=C)c1ccc(S(=O)(=O)O)cc1)c1ccc(S(=O)(=O)O)cc1. The molecule has 9 heteroatoms. The Labute approximate surface area is 150 Å². The predicted octanol–water partition coefficient (Wildman–Crippen LogP) is 2.48. The molecule has 0 atom stereocenters. The largest absolute Gasteiger partial charge is 0.294 e. The van der Waals surface area contributed by atoms with Crippen molar-refractivity contribution in [2.24, 2.45) is 0 Å². The predicted molar refractivity (Wildman–Crippen MR) is 95.6 cm³/mol. The molecule has 0 heterocycles. The maximum atomic E-state index is 12.5. The molecular weight excluding hydrogens is 380 g/mol. The first kappa shape index (κ1) is 19.7. The van der Waals surface area contributed by atoms with Gasteiger partial charge in [0.1, 0.15) is 0 Å². The van der Waals surface area contributed by atoms with Crippen LogP contribution in [-0.2, 0) is 25.0 Å². The molecule has 0 unspecified atom stereocenters. The van der Waals surface area contributed by atoms with E-state index in [-0.39, 0.29) is 20.9 Å². The Morgan fingerprint density at radius 1 is 0.654 bits per heavy atom. The zero-order chi connectivity index (χ0) is 19.7. The molecule has 0 bridgehead atoms. The summed E-state index contributed by atoms with van der Waals surface area (Å²) in [5, 5.41) is 0. The second kappa shape index (κ2) is 6.96. The van der Waals surface area contributed by atoms with Gasteiger partial charge in [-0.05, 0) is 35.4 Å². The van der Waals surface area contributed by atoms with Crippen LogP contribution in [0.4, 0.5) is 0 Å². The Kier molecular flexibility index (Phi) is 5.28. The molecule has 136 valence electrons. The fourth-order valence-corrected chi connectivity index (χ4v) is 3.06. The highest BCUT2D eigenvalue weighted by atomic mass is 32.2. The van der Waals surface area contributed by atoms with E-state index in [2.05, 4.69) is 13.2 Å². The van der Waals surface area contributed by atoms with Crippen molar-refractivity contribution in [2.75, 3.05) is 0 Å². The highest BCUT2D eigenvalue weighted by Crippen LogP contribution is 2.24. The number of Topliss-reactive ketones (excluding diaryl/α,β-unsaturated/α-hetero) is 1. The van der Waals surface area contributed by atoms with E-state index in [1.807, 2.05) is 0 Å². The Balaban J connectivity index is 2.25. The van der Waals surface area contributed by atoms with Gasteiger partial charge in [-0.2, -0.15) is 16.8 Å². The van der Waals surface area contributed by atoms with Crippen LogP contribution in [-0.4, -0.2) is 31.7 Å². The van der Waals surface area contributed by atoms with Crippen LogP contribution in [0, 0.1) is 0 Å². The van der Waals surface area contributed by atoms with Gasteiger partial charge in [0.05, 0.1) is 9.79 Å². The average molecular weight is 394 g/mol. The van der Waals surface area contributed by atoms with Crippen molar-refractivity contribution in [2.45, 2.75) is 9.79 Å². The topological polar surface area (TPSA) is 126 Å². The van der Waals surface area contributed by atoms with Crippen molar-refractivity contribution in [3.8, 4) is 0 Å². The first-order valence-corrected chi connectivity index (χ1v) is 9.87. The molecule has 0 aliphatic heterocycles. The van der Waals surface area contributed by atoms with Crippen LogP contribution in [0.5, 0.6) is 0 Å². The van der Waals surface area contributed by atoms with Gasteiger partial charge in [-0.25, -0.2) is 0 Å². The molecule has 2 rings (SSSR count). The maximum absolute atomic E-state index is 12.5. The fourth-order valence-electron chi connectivity index (χ4n) is 2.10. The molecule has 0 aromatic heterocycles. The van der Waals surface area contributed by atoms with Crippen LogP contribution in [0.1, 0.15) is 11.1 Å². The molecule has 2 aromatic rings. The van der Waals surface area contributed by atoms with E-state index in [0.717, 1.165) is 24.3 Å². The summed E-state index contributed by atoms with van der Waals surface area (Å²) in [5.41, 5.74) is 0.739. The van der Waals surface area contributed by atoms with Gasteiger partial charge in [-0.3, -0.25) is 13.9 Å². The summed E-state index contributed by atoms with van der Waals surface area (Å²) in [4.78, 5) is 11.8. The third kappa shape index (κ3) is 4.33. The molecule has 2 aromatic carbocycles. The van der Waals surface area contributed by atoms with Crippen molar-refractivity contribution in [1.82, 2.24) is 0 Å². The molecule has 7 nitrogen and oxygen atoms in total. The number of allylic oxidation sites excluding steroid dienone is 2. The van der Waals surface area contributed by atoms with Crippen LogP contribution in [0.3, 0.4) is 0 Å². The number of rotatable bonds is 6. The number of hydrogen-bond acceptors (Lipinski definition) is 5. The highest BCUT2D eigenvalue weighted by molar-refractivity contribution is 7.86. The van der Waals surface area contributed by atoms with Gasteiger partial charge >= 0.3 is 0 Å². The third-order valence-electron chi connectivity index (χ3n) is 3.55. The molecule has 0 fully saturated rings. The summed E-state index contributed by atoms with van der Waals surface area (Å²) in [7, 11) is -8.69. The van der Waals surface area contributed by atoms with Gasteiger partial charge in [-0.15, -0.1) is 0 Å². The number of carbonyl (C=O) groups is 1. The van der Waals surface area contributed by atoms with Crippen LogP contribution in [0.2, 0.25) is 0 Å².